The van der Waals surface area contributed by atoms with Crippen LogP contribution >= 0.6 is 23.2 Å². The van der Waals surface area contributed by atoms with Crippen molar-refractivity contribution in [2.24, 2.45) is 0 Å². The third kappa shape index (κ3) is 4.61. The predicted octanol–water partition coefficient (Wildman–Crippen LogP) is 7.86. The predicted molar refractivity (Wildman–Crippen MR) is 123 cm³/mol. The smallest absolute Gasteiger partial charge is 0.406 e. The highest BCUT2D eigenvalue weighted by Crippen LogP contribution is 2.48. The van der Waals surface area contributed by atoms with Crippen molar-refractivity contribution in [2.75, 3.05) is 9.80 Å². The van der Waals surface area contributed by atoms with Crippen LogP contribution in [0.2, 0.25) is 10.0 Å². The number of carbonyl (C=O) groups is 1. The molecule has 0 unspecified atom stereocenters. The van der Waals surface area contributed by atoms with E-state index in [1.165, 1.54) is 23.1 Å². The van der Waals surface area contributed by atoms with Gasteiger partial charge in [-0.25, -0.2) is 4.79 Å². The van der Waals surface area contributed by atoms with Crippen molar-refractivity contribution in [3.8, 4) is 5.75 Å². The van der Waals surface area contributed by atoms with Gasteiger partial charge >= 0.3 is 12.4 Å². The fourth-order valence-corrected chi connectivity index (χ4v) is 4.65. The lowest BCUT2D eigenvalue weighted by atomic mass is 9.87. The molecular weight excluding hydrogens is 476 g/mol. The number of ether oxygens (including phenoxy) is 1. The number of benzene rings is 3. The summed E-state index contributed by atoms with van der Waals surface area (Å²) >= 11 is 12.4. The third-order valence-electron chi connectivity index (χ3n) is 5.46. The molecule has 0 spiro atoms. The zero-order valence-corrected chi connectivity index (χ0v) is 19.1. The van der Waals surface area contributed by atoms with E-state index in [4.69, 9.17) is 23.2 Å². The Kier molecular flexibility index (Phi) is 5.97. The highest BCUT2D eigenvalue weighted by atomic mass is 35.5. The van der Waals surface area contributed by atoms with Crippen LogP contribution in [0.5, 0.6) is 5.75 Å². The molecule has 2 amide bonds. The van der Waals surface area contributed by atoms with Crippen molar-refractivity contribution >= 4 is 40.6 Å². The van der Waals surface area contributed by atoms with E-state index in [9.17, 15) is 18.0 Å². The highest BCUT2D eigenvalue weighted by Gasteiger charge is 2.53. The van der Waals surface area contributed by atoms with Crippen molar-refractivity contribution in [2.45, 2.75) is 31.8 Å². The van der Waals surface area contributed by atoms with E-state index >= 15 is 0 Å². The quantitative estimate of drug-likeness (QED) is 0.369. The van der Waals surface area contributed by atoms with Gasteiger partial charge in [-0.1, -0.05) is 47.5 Å². The summed E-state index contributed by atoms with van der Waals surface area (Å²) in [5.74, 6) is -0.365. The van der Waals surface area contributed by atoms with E-state index in [0.717, 1.165) is 0 Å². The van der Waals surface area contributed by atoms with Gasteiger partial charge in [0.2, 0.25) is 0 Å². The molecule has 1 aliphatic heterocycles. The second kappa shape index (κ2) is 8.47. The lowest BCUT2D eigenvalue weighted by molar-refractivity contribution is -0.274. The number of hydrogen-bond acceptors (Lipinski definition) is 2. The monoisotopic (exact) mass is 494 g/mol. The summed E-state index contributed by atoms with van der Waals surface area (Å²) in [6, 6.07) is 18.2. The molecule has 9 heteroatoms. The zero-order valence-electron chi connectivity index (χ0n) is 17.6. The number of alkyl halides is 3. The van der Waals surface area contributed by atoms with Gasteiger partial charge in [0, 0.05) is 21.4 Å². The summed E-state index contributed by atoms with van der Waals surface area (Å²) in [6.07, 6.45) is -4.83. The number of urea groups is 1. The fourth-order valence-electron chi connectivity index (χ4n) is 4.29. The lowest BCUT2D eigenvalue weighted by Crippen LogP contribution is -2.43. The molecule has 4 nitrogen and oxygen atoms in total. The average molecular weight is 495 g/mol. The van der Waals surface area contributed by atoms with E-state index in [0.29, 0.717) is 27.0 Å². The minimum atomic E-state index is -4.83. The summed E-state index contributed by atoms with van der Waals surface area (Å²) < 4.78 is 42.7. The van der Waals surface area contributed by atoms with E-state index < -0.39 is 17.9 Å². The Balaban J connectivity index is 1.88. The number of anilines is 2. The second-order valence-corrected chi connectivity index (χ2v) is 9.00. The molecule has 4 rings (SSSR count). The van der Waals surface area contributed by atoms with Crippen molar-refractivity contribution in [1.29, 1.82) is 0 Å². The maximum atomic E-state index is 13.8. The molecule has 1 aliphatic rings. The third-order valence-corrected chi connectivity index (χ3v) is 5.93. The molecule has 0 N–H and O–H groups in total. The van der Waals surface area contributed by atoms with Crippen LogP contribution in [-0.4, -0.2) is 17.9 Å². The van der Waals surface area contributed by atoms with Crippen LogP contribution in [0.3, 0.4) is 0 Å². The molecule has 3 aromatic rings. The Labute approximate surface area is 199 Å². The van der Waals surface area contributed by atoms with Crippen LogP contribution < -0.4 is 14.5 Å². The van der Waals surface area contributed by atoms with Gasteiger partial charge in [0.1, 0.15) is 5.75 Å². The van der Waals surface area contributed by atoms with Gasteiger partial charge in [-0.15, -0.1) is 13.2 Å². The number of carbonyl (C=O) groups excluding carboxylic acids is 1. The van der Waals surface area contributed by atoms with Gasteiger partial charge in [0.05, 0.1) is 11.6 Å². The molecule has 33 heavy (non-hydrogen) atoms. The summed E-state index contributed by atoms with van der Waals surface area (Å²) in [6.45, 7) is 3.69. The molecular formula is C24H19Cl2F3N2O2. The zero-order chi connectivity index (χ0) is 24.0. The Bertz CT molecular complexity index is 1200. The molecule has 1 fully saturated rings. The first-order chi connectivity index (χ1) is 15.5. The van der Waals surface area contributed by atoms with Gasteiger partial charge in [0.25, 0.3) is 0 Å². The van der Waals surface area contributed by atoms with E-state index in [1.54, 1.807) is 59.5 Å². The van der Waals surface area contributed by atoms with Crippen LogP contribution in [0, 0.1) is 0 Å². The maximum Gasteiger partial charge on any atom is 0.573 e. The number of amides is 2. The van der Waals surface area contributed by atoms with Crippen molar-refractivity contribution in [3.63, 3.8) is 0 Å². The van der Waals surface area contributed by atoms with Gasteiger partial charge in [0.15, 0.2) is 0 Å². The number of halogens is 5. The summed E-state index contributed by atoms with van der Waals surface area (Å²) in [4.78, 5) is 16.9. The average Bonchev–Trinajstić information content (AvgIpc) is 2.92. The maximum absolute atomic E-state index is 13.8. The Morgan fingerprint density at radius 2 is 1.45 bits per heavy atom. The van der Waals surface area contributed by atoms with Crippen LogP contribution in [0.4, 0.5) is 29.3 Å². The summed E-state index contributed by atoms with van der Waals surface area (Å²) in [5.41, 5.74) is 0.660. The number of rotatable bonds is 4. The van der Waals surface area contributed by atoms with Gasteiger partial charge in [-0.05, 0) is 67.9 Å². The van der Waals surface area contributed by atoms with E-state index in [1.807, 2.05) is 13.8 Å². The molecule has 0 aliphatic carbocycles. The molecule has 1 atom stereocenters. The van der Waals surface area contributed by atoms with E-state index in [2.05, 4.69) is 4.74 Å². The topological polar surface area (TPSA) is 32.8 Å². The van der Waals surface area contributed by atoms with Crippen LogP contribution in [-0.2, 0) is 0 Å². The van der Waals surface area contributed by atoms with Crippen molar-refractivity contribution in [1.82, 2.24) is 0 Å². The first kappa shape index (κ1) is 23.3. The SMILES string of the molecule is CC1(C)[C@H](c2cccc(OC(F)(F)F)c2)N(c2cccc(Cl)c2)C(=O)N1c1cccc(Cl)c1. The largest absolute Gasteiger partial charge is 0.573 e. The molecule has 0 saturated carbocycles. The van der Waals surface area contributed by atoms with Gasteiger partial charge < -0.3 is 4.74 Å². The summed E-state index contributed by atoms with van der Waals surface area (Å²) in [5, 5.41) is 0.877. The van der Waals surface area contributed by atoms with Crippen LogP contribution in [0.15, 0.2) is 72.8 Å². The van der Waals surface area contributed by atoms with E-state index in [-0.39, 0.29) is 11.8 Å². The molecule has 172 valence electrons. The minimum Gasteiger partial charge on any atom is -0.406 e. The standard InChI is InChI=1S/C24H19Cl2F3N2O2/c1-23(2)21(15-6-3-11-20(12-15)33-24(27,28)29)30(18-9-4-7-16(25)13-18)22(32)31(23)19-10-5-8-17(26)14-19/h3-14,21H,1-2H3/t21-/m0/s1. The van der Waals surface area contributed by atoms with Gasteiger partial charge in [-0.3, -0.25) is 9.80 Å². The first-order valence-electron chi connectivity index (χ1n) is 9.97. The molecule has 1 saturated heterocycles. The van der Waals surface area contributed by atoms with Crippen LogP contribution in [0.25, 0.3) is 0 Å². The fraction of sp³-hybridized carbons (Fsp3) is 0.208. The molecule has 0 radical (unpaired) electrons. The Morgan fingerprint density at radius 3 is 2.06 bits per heavy atom. The summed E-state index contributed by atoms with van der Waals surface area (Å²) in [7, 11) is 0. The highest BCUT2D eigenvalue weighted by molar-refractivity contribution is 6.31. The minimum absolute atomic E-state index is 0.364. The second-order valence-electron chi connectivity index (χ2n) is 8.12. The molecule has 0 bridgehead atoms. The Hall–Kier alpha value is -2.90. The van der Waals surface area contributed by atoms with Crippen LogP contribution in [0.1, 0.15) is 25.5 Å². The Morgan fingerprint density at radius 1 is 0.879 bits per heavy atom. The lowest BCUT2D eigenvalue weighted by Gasteiger charge is -2.35. The molecule has 0 aromatic heterocycles. The first-order valence-corrected chi connectivity index (χ1v) is 10.7. The van der Waals surface area contributed by atoms with Gasteiger partial charge in [-0.2, -0.15) is 0 Å². The molecule has 3 aromatic carbocycles. The normalized spacial score (nSPS) is 18.0. The number of nitrogens with zero attached hydrogens (tertiary/aromatic N) is 2. The van der Waals surface area contributed by atoms with Crippen molar-refractivity contribution < 1.29 is 22.7 Å². The molecule has 1 heterocycles. The number of hydrogen-bond donors (Lipinski definition) is 0. The van der Waals surface area contributed by atoms with Crippen molar-refractivity contribution in [3.05, 3.63) is 88.4 Å².